The highest BCUT2D eigenvalue weighted by Crippen LogP contribution is 2.21. The highest BCUT2D eigenvalue weighted by molar-refractivity contribution is 5.89. The molecule has 1 saturated carbocycles. The minimum absolute atomic E-state index is 0. The molecule has 19 heavy (non-hydrogen) atoms. The first kappa shape index (κ1) is 18.2. The van der Waals surface area contributed by atoms with E-state index in [1.54, 1.807) is 12.1 Å². The van der Waals surface area contributed by atoms with Crippen LogP contribution in [0.2, 0.25) is 0 Å². The predicted octanol–water partition coefficient (Wildman–Crippen LogP) is 2.87. The van der Waals surface area contributed by atoms with Crippen molar-refractivity contribution in [3.05, 3.63) is 29.6 Å². The van der Waals surface area contributed by atoms with Crippen molar-refractivity contribution in [1.82, 2.24) is 4.98 Å². The van der Waals surface area contributed by atoms with E-state index < -0.39 is 0 Å². The van der Waals surface area contributed by atoms with Gasteiger partial charge in [0.15, 0.2) is 0 Å². The van der Waals surface area contributed by atoms with Gasteiger partial charge in [-0.05, 0) is 37.8 Å². The van der Waals surface area contributed by atoms with E-state index in [4.69, 9.17) is 10.5 Å². The van der Waals surface area contributed by atoms with Gasteiger partial charge in [0.1, 0.15) is 6.10 Å². The minimum Gasteiger partial charge on any atom is -0.459 e. The van der Waals surface area contributed by atoms with E-state index >= 15 is 0 Å². The summed E-state index contributed by atoms with van der Waals surface area (Å²) in [6.45, 7) is 0.387. The number of ether oxygens (including phenoxy) is 1. The summed E-state index contributed by atoms with van der Waals surface area (Å²) in [5.41, 5.74) is 6.73. The summed E-state index contributed by atoms with van der Waals surface area (Å²) in [4.78, 5) is 15.9. The van der Waals surface area contributed by atoms with Gasteiger partial charge in [-0.15, -0.1) is 24.8 Å². The van der Waals surface area contributed by atoms with E-state index in [9.17, 15) is 4.79 Å². The fraction of sp³-hybridized carbons (Fsp3) is 0.538. The van der Waals surface area contributed by atoms with Gasteiger partial charge in [-0.2, -0.15) is 0 Å². The molecule has 0 saturated heterocycles. The molecule has 6 heteroatoms. The summed E-state index contributed by atoms with van der Waals surface area (Å²) in [7, 11) is 0. The quantitative estimate of drug-likeness (QED) is 0.872. The van der Waals surface area contributed by atoms with Crippen molar-refractivity contribution >= 4 is 30.8 Å². The van der Waals surface area contributed by atoms with Gasteiger partial charge in [0.05, 0.1) is 11.3 Å². The third kappa shape index (κ3) is 5.35. The summed E-state index contributed by atoms with van der Waals surface area (Å²) in [6, 6.07) is 3.48. The number of nitrogens with two attached hydrogens (primary N) is 1. The molecule has 0 atom stereocenters. The number of esters is 1. The molecule has 0 bridgehead atoms. The maximum Gasteiger partial charge on any atom is 0.339 e. The second-order valence-corrected chi connectivity index (χ2v) is 4.41. The topological polar surface area (TPSA) is 65.2 Å². The summed E-state index contributed by atoms with van der Waals surface area (Å²) >= 11 is 0. The third-order valence-corrected chi connectivity index (χ3v) is 3.10. The molecular formula is C13H20Cl2N2O2. The first-order chi connectivity index (χ1) is 8.29. The Hall–Kier alpha value is -0.840. The van der Waals surface area contributed by atoms with Gasteiger partial charge in [0, 0.05) is 12.7 Å². The number of hydrogen-bond acceptors (Lipinski definition) is 4. The van der Waals surface area contributed by atoms with Gasteiger partial charge in [0.2, 0.25) is 0 Å². The molecule has 1 aliphatic rings. The molecule has 0 spiro atoms. The first-order valence-corrected chi connectivity index (χ1v) is 6.15. The monoisotopic (exact) mass is 306 g/mol. The normalized spacial score (nSPS) is 15.0. The Labute approximate surface area is 125 Å². The Bertz CT molecular complexity index is 379. The van der Waals surface area contributed by atoms with E-state index in [1.807, 2.05) is 0 Å². The molecule has 0 radical (unpaired) electrons. The zero-order valence-corrected chi connectivity index (χ0v) is 12.3. The zero-order chi connectivity index (χ0) is 12.1. The zero-order valence-electron chi connectivity index (χ0n) is 10.7. The van der Waals surface area contributed by atoms with Crippen LogP contribution in [-0.4, -0.2) is 17.1 Å². The smallest absolute Gasteiger partial charge is 0.339 e. The molecule has 0 aromatic carbocycles. The van der Waals surface area contributed by atoms with Crippen LogP contribution in [0.1, 0.15) is 48.2 Å². The van der Waals surface area contributed by atoms with Gasteiger partial charge >= 0.3 is 5.97 Å². The molecule has 1 fully saturated rings. The third-order valence-electron chi connectivity index (χ3n) is 3.10. The summed E-state index contributed by atoms with van der Waals surface area (Å²) < 4.78 is 5.44. The summed E-state index contributed by atoms with van der Waals surface area (Å²) in [5.74, 6) is -0.270. The van der Waals surface area contributed by atoms with Gasteiger partial charge in [-0.1, -0.05) is 6.42 Å². The number of pyridine rings is 1. The van der Waals surface area contributed by atoms with Crippen molar-refractivity contribution in [3.8, 4) is 0 Å². The Balaban J connectivity index is 0.00000162. The van der Waals surface area contributed by atoms with Crippen LogP contribution in [0.3, 0.4) is 0 Å². The fourth-order valence-corrected chi connectivity index (χ4v) is 2.07. The highest BCUT2D eigenvalue weighted by Gasteiger charge is 2.18. The second-order valence-electron chi connectivity index (χ2n) is 4.41. The van der Waals surface area contributed by atoms with Crippen LogP contribution in [0.5, 0.6) is 0 Å². The van der Waals surface area contributed by atoms with E-state index in [-0.39, 0.29) is 36.9 Å². The van der Waals surface area contributed by atoms with Crippen molar-refractivity contribution in [2.45, 2.75) is 44.8 Å². The first-order valence-electron chi connectivity index (χ1n) is 6.15. The lowest BCUT2D eigenvalue weighted by molar-refractivity contribution is 0.0210. The van der Waals surface area contributed by atoms with Crippen LogP contribution in [0.25, 0.3) is 0 Å². The van der Waals surface area contributed by atoms with Crippen LogP contribution >= 0.6 is 24.8 Å². The standard InChI is InChI=1S/C13H18N2O2.2ClH/c14-8-11-7-6-10(9-15-11)13(16)17-12-4-2-1-3-5-12;;/h6-7,9,12H,1-5,8,14H2;2*1H. The lowest BCUT2D eigenvalue weighted by Gasteiger charge is -2.21. The number of halogens is 2. The molecule has 2 rings (SSSR count). The number of aromatic nitrogens is 1. The van der Waals surface area contributed by atoms with E-state index in [0.717, 1.165) is 31.4 Å². The predicted molar refractivity (Wildman–Crippen MR) is 78.9 cm³/mol. The van der Waals surface area contributed by atoms with E-state index in [1.165, 1.54) is 12.6 Å². The molecular weight excluding hydrogens is 287 g/mol. The molecule has 2 N–H and O–H groups in total. The van der Waals surface area contributed by atoms with Gasteiger partial charge in [0.25, 0.3) is 0 Å². The summed E-state index contributed by atoms with van der Waals surface area (Å²) in [6.07, 6.45) is 7.16. The van der Waals surface area contributed by atoms with E-state index in [2.05, 4.69) is 4.98 Å². The molecule has 108 valence electrons. The van der Waals surface area contributed by atoms with Crippen molar-refractivity contribution in [3.63, 3.8) is 0 Å². The van der Waals surface area contributed by atoms with Gasteiger partial charge in [-0.25, -0.2) is 4.79 Å². The van der Waals surface area contributed by atoms with Crippen LogP contribution in [0, 0.1) is 0 Å². The maximum atomic E-state index is 11.8. The van der Waals surface area contributed by atoms with Crippen molar-refractivity contribution in [2.75, 3.05) is 0 Å². The SMILES string of the molecule is Cl.Cl.NCc1ccc(C(=O)OC2CCCCC2)cn1. The largest absolute Gasteiger partial charge is 0.459 e. The van der Waals surface area contributed by atoms with Crippen molar-refractivity contribution in [2.24, 2.45) is 5.73 Å². The number of nitrogens with zero attached hydrogens (tertiary/aromatic N) is 1. The van der Waals surface area contributed by atoms with Crippen LogP contribution in [0.15, 0.2) is 18.3 Å². The molecule has 1 aliphatic carbocycles. The number of carbonyl (C=O) groups is 1. The van der Waals surface area contributed by atoms with Crippen LogP contribution in [-0.2, 0) is 11.3 Å². The number of hydrogen-bond donors (Lipinski definition) is 1. The Morgan fingerprint density at radius 2 is 1.95 bits per heavy atom. The number of rotatable bonds is 3. The maximum absolute atomic E-state index is 11.8. The molecule has 0 aliphatic heterocycles. The van der Waals surface area contributed by atoms with Gasteiger partial charge < -0.3 is 10.5 Å². The van der Waals surface area contributed by atoms with Crippen LogP contribution < -0.4 is 5.73 Å². The lowest BCUT2D eigenvalue weighted by atomic mass is 9.98. The average Bonchev–Trinajstić information content (AvgIpc) is 2.40. The Morgan fingerprint density at radius 1 is 1.26 bits per heavy atom. The summed E-state index contributed by atoms with van der Waals surface area (Å²) in [5, 5.41) is 0. The van der Waals surface area contributed by atoms with Gasteiger partial charge in [-0.3, -0.25) is 4.98 Å². The molecule has 1 heterocycles. The van der Waals surface area contributed by atoms with Crippen molar-refractivity contribution < 1.29 is 9.53 Å². The van der Waals surface area contributed by atoms with Crippen LogP contribution in [0.4, 0.5) is 0 Å². The Morgan fingerprint density at radius 3 is 2.47 bits per heavy atom. The molecule has 1 aromatic heterocycles. The van der Waals surface area contributed by atoms with E-state index in [0.29, 0.717) is 12.1 Å². The molecule has 4 nitrogen and oxygen atoms in total. The average molecular weight is 307 g/mol. The fourth-order valence-electron chi connectivity index (χ4n) is 2.07. The number of carbonyl (C=O) groups excluding carboxylic acids is 1. The highest BCUT2D eigenvalue weighted by atomic mass is 35.5. The minimum atomic E-state index is -0.270. The lowest BCUT2D eigenvalue weighted by Crippen LogP contribution is -2.21. The van der Waals surface area contributed by atoms with Crippen molar-refractivity contribution in [1.29, 1.82) is 0 Å². The molecule has 1 aromatic rings. The Kier molecular flexibility index (Phi) is 8.72. The second kappa shape index (κ2) is 9.13. The molecule has 0 unspecified atom stereocenters. The molecule has 0 amide bonds.